The molecule has 0 saturated carbocycles. The molecular formula is C14H12ClF3N2O4. The molecule has 1 fully saturated rings. The number of nitrogens with zero attached hydrogens (tertiary/aromatic N) is 1. The van der Waals surface area contributed by atoms with Crippen molar-refractivity contribution in [3.05, 3.63) is 28.3 Å². The van der Waals surface area contributed by atoms with Crippen molar-refractivity contribution in [2.24, 2.45) is 0 Å². The number of carbonyl (C=O) groups is 2. The van der Waals surface area contributed by atoms with Crippen molar-refractivity contribution in [2.75, 3.05) is 0 Å². The van der Waals surface area contributed by atoms with Gasteiger partial charge >= 0.3 is 6.36 Å². The number of hydrogen-bond donors (Lipinski definition) is 2. The van der Waals surface area contributed by atoms with Crippen LogP contribution in [0.15, 0.2) is 12.1 Å². The molecule has 0 spiro atoms. The van der Waals surface area contributed by atoms with Gasteiger partial charge in [-0.15, -0.1) is 13.2 Å². The molecule has 6 nitrogen and oxygen atoms in total. The van der Waals surface area contributed by atoms with Crippen LogP contribution in [0, 0.1) is 0 Å². The summed E-state index contributed by atoms with van der Waals surface area (Å²) in [5, 5.41) is 11.9. The second kappa shape index (κ2) is 5.82. The van der Waals surface area contributed by atoms with Crippen molar-refractivity contribution in [3.63, 3.8) is 0 Å². The fraction of sp³-hybridized carbons (Fsp3) is 0.429. The molecule has 2 amide bonds. The zero-order chi connectivity index (χ0) is 17.6. The quantitative estimate of drug-likeness (QED) is 0.838. The van der Waals surface area contributed by atoms with Crippen LogP contribution in [0.25, 0.3) is 0 Å². The van der Waals surface area contributed by atoms with Crippen LogP contribution in [0.4, 0.5) is 13.2 Å². The molecule has 10 heteroatoms. The minimum absolute atomic E-state index is 0.00283. The van der Waals surface area contributed by atoms with Crippen LogP contribution < -0.4 is 10.1 Å². The number of rotatable bonds is 2. The van der Waals surface area contributed by atoms with Crippen molar-refractivity contribution < 1.29 is 32.6 Å². The highest BCUT2D eigenvalue weighted by molar-refractivity contribution is 6.32. The van der Waals surface area contributed by atoms with E-state index in [1.54, 1.807) is 0 Å². The molecule has 1 aromatic rings. The number of alkyl halides is 3. The third-order valence-electron chi connectivity index (χ3n) is 3.96. The Morgan fingerprint density at radius 2 is 2.04 bits per heavy atom. The second-order valence-electron chi connectivity index (χ2n) is 5.54. The molecule has 2 aliphatic rings. The first-order valence-electron chi connectivity index (χ1n) is 7.02. The van der Waals surface area contributed by atoms with E-state index in [9.17, 15) is 27.9 Å². The predicted molar refractivity (Wildman–Crippen MR) is 75.2 cm³/mol. The second-order valence-corrected chi connectivity index (χ2v) is 5.95. The molecule has 2 N–H and O–H groups in total. The molecule has 0 radical (unpaired) electrons. The van der Waals surface area contributed by atoms with Gasteiger partial charge < -0.3 is 20.1 Å². The summed E-state index contributed by atoms with van der Waals surface area (Å²) in [7, 11) is 0. The Bertz CT molecular complexity index is 710. The highest BCUT2D eigenvalue weighted by Crippen LogP contribution is 2.37. The summed E-state index contributed by atoms with van der Waals surface area (Å²) < 4.78 is 41.0. The van der Waals surface area contributed by atoms with E-state index in [4.69, 9.17) is 11.6 Å². The van der Waals surface area contributed by atoms with E-state index in [2.05, 4.69) is 10.1 Å². The van der Waals surface area contributed by atoms with Crippen LogP contribution in [0.2, 0.25) is 5.02 Å². The number of carbonyl (C=O) groups excluding carboxylic acids is 2. The number of fused-ring (bicyclic) bond motifs is 1. The van der Waals surface area contributed by atoms with Gasteiger partial charge in [-0.25, -0.2) is 0 Å². The highest BCUT2D eigenvalue weighted by Gasteiger charge is 2.40. The molecule has 2 aliphatic heterocycles. The summed E-state index contributed by atoms with van der Waals surface area (Å²) in [6.45, 7) is -0.00283. The van der Waals surface area contributed by atoms with Gasteiger partial charge in [0.25, 0.3) is 5.91 Å². The number of aliphatic hydroxyl groups excluding tert-OH is 1. The summed E-state index contributed by atoms with van der Waals surface area (Å²) in [5.41, 5.74) is 0.464. The monoisotopic (exact) mass is 364 g/mol. The van der Waals surface area contributed by atoms with Crippen molar-refractivity contribution in [1.29, 1.82) is 0 Å². The number of ether oxygens (including phenoxy) is 1. The first kappa shape index (κ1) is 16.8. The van der Waals surface area contributed by atoms with E-state index in [0.29, 0.717) is 5.56 Å². The topological polar surface area (TPSA) is 78.9 Å². The smallest absolute Gasteiger partial charge is 0.404 e. The molecule has 2 heterocycles. The van der Waals surface area contributed by atoms with Gasteiger partial charge in [0, 0.05) is 18.5 Å². The lowest BCUT2D eigenvalue weighted by atomic mass is 10.0. The maximum atomic E-state index is 12.5. The number of hydrogen-bond acceptors (Lipinski definition) is 4. The van der Waals surface area contributed by atoms with Crippen molar-refractivity contribution in [2.45, 2.75) is 38.0 Å². The Kier molecular flexibility index (Phi) is 4.08. The molecule has 0 bridgehead atoms. The Morgan fingerprint density at radius 1 is 1.33 bits per heavy atom. The van der Waals surface area contributed by atoms with E-state index in [-0.39, 0.29) is 35.9 Å². The van der Waals surface area contributed by atoms with Crippen LogP contribution in [0.1, 0.15) is 28.8 Å². The molecule has 0 aliphatic carbocycles. The van der Waals surface area contributed by atoms with Crippen molar-refractivity contribution >= 4 is 23.4 Å². The lowest BCUT2D eigenvalue weighted by Gasteiger charge is -2.35. The fourth-order valence-electron chi connectivity index (χ4n) is 2.90. The van der Waals surface area contributed by atoms with Gasteiger partial charge in [-0.05, 0) is 24.1 Å². The summed E-state index contributed by atoms with van der Waals surface area (Å²) in [4.78, 5) is 25.0. The minimum atomic E-state index is -4.90. The number of amides is 2. The van der Waals surface area contributed by atoms with Gasteiger partial charge in [0.05, 0.1) is 11.1 Å². The molecule has 1 aromatic carbocycles. The van der Waals surface area contributed by atoms with Crippen LogP contribution in [0.3, 0.4) is 0 Å². The van der Waals surface area contributed by atoms with E-state index < -0.39 is 30.3 Å². The molecule has 130 valence electrons. The van der Waals surface area contributed by atoms with Gasteiger partial charge in [-0.3, -0.25) is 9.59 Å². The summed E-state index contributed by atoms with van der Waals surface area (Å²) >= 11 is 5.76. The molecule has 24 heavy (non-hydrogen) atoms. The van der Waals surface area contributed by atoms with E-state index in [0.717, 1.165) is 12.1 Å². The van der Waals surface area contributed by atoms with Gasteiger partial charge in [0.1, 0.15) is 12.0 Å². The average Bonchev–Trinajstić information content (AvgIpc) is 2.75. The maximum Gasteiger partial charge on any atom is 0.573 e. The first-order valence-corrected chi connectivity index (χ1v) is 7.40. The Hall–Kier alpha value is -2.00. The Morgan fingerprint density at radius 3 is 2.67 bits per heavy atom. The Balaban J connectivity index is 1.86. The normalized spacial score (nSPS) is 24.0. The fourth-order valence-corrected chi connectivity index (χ4v) is 3.10. The SMILES string of the molecule is O=C1CCC(N2Cc3cc(OC(F)(F)F)c(Cl)cc3C2=O)C(O)N1. The molecule has 2 atom stereocenters. The standard InChI is InChI=1S/C14H12ClF3N2O4/c15-8-4-7-6(3-10(8)24-14(16,17)18)5-20(13(7)23)9-1-2-11(21)19-12(9)22/h3-4,9,12,22H,1-2,5H2,(H,19,21). The molecular weight excluding hydrogens is 353 g/mol. The largest absolute Gasteiger partial charge is 0.573 e. The van der Waals surface area contributed by atoms with Gasteiger partial charge in [-0.1, -0.05) is 11.6 Å². The van der Waals surface area contributed by atoms with Crippen LogP contribution in [-0.2, 0) is 11.3 Å². The van der Waals surface area contributed by atoms with Gasteiger partial charge in [-0.2, -0.15) is 0 Å². The first-order chi connectivity index (χ1) is 11.2. The average molecular weight is 365 g/mol. The molecule has 2 unspecified atom stereocenters. The molecule has 1 saturated heterocycles. The van der Waals surface area contributed by atoms with E-state index in [1.165, 1.54) is 4.90 Å². The van der Waals surface area contributed by atoms with Gasteiger partial charge in [0.2, 0.25) is 5.91 Å². The Labute approximate surface area is 139 Å². The molecule has 3 rings (SSSR count). The number of aliphatic hydroxyl groups is 1. The third kappa shape index (κ3) is 3.13. The van der Waals surface area contributed by atoms with Crippen molar-refractivity contribution in [3.8, 4) is 5.75 Å². The summed E-state index contributed by atoms with van der Waals surface area (Å²) in [5.74, 6) is -1.38. The number of piperidine rings is 1. The molecule has 0 aromatic heterocycles. The predicted octanol–water partition coefficient (Wildman–Crippen LogP) is 1.79. The maximum absolute atomic E-state index is 12.5. The number of benzene rings is 1. The van der Waals surface area contributed by atoms with E-state index in [1.807, 2.05) is 0 Å². The number of halogens is 4. The minimum Gasteiger partial charge on any atom is -0.404 e. The van der Waals surface area contributed by atoms with Crippen LogP contribution in [0.5, 0.6) is 5.75 Å². The lowest BCUT2D eigenvalue weighted by molar-refractivity contribution is -0.274. The summed E-state index contributed by atoms with van der Waals surface area (Å²) in [6, 6.07) is 1.53. The zero-order valence-corrected chi connectivity index (χ0v) is 12.8. The van der Waals surface area contributed by atoms with Gasteiger partial charge in [0.15, 0.2) is 0 Å². The van der Waals surface area contributed by atoms with E-state index >= 15 is 0 Å². The highest BCUT2D eigenvalue weighted by atomic mass is 35.5. The van der Waals surface area contributed by atoms with Crippen LogP contribution >= 0.6 is 11.6 Å². The summed E-state index contributed by atoms with van der Waals surface area (Å²) in [6.07, 6.45) is -5.73. The lowest BCUT2D eigenvalue weighted by Crippen LogP contribution is -2.55. The zero-order valence-electron chi connectivity index (χ0n) is 12.1. The number of nitrogens with one attached hydrogen (secondary N) is 1. The van der Waals surface area contributed by atoms with Crippen molar-refractivity contribution in [1.82, 2.24) is 10.2 Å². The third-order valence-corrected chi connectivity index (χ3v) is 4.25. The van der Waals surface area contributed by atoms with Crippen LogP contribution in [-0.4, -0.2) is 40.5 Å².